The molecule has 2 N–H and O–H groups in total. The van der Waals surface area contributed by atoms with Crippen molar-refractivity contribution < 1.29 is 4.74 Å². The standard InChI is InChI=1S/C13H23N3O/c1-5-11(14)7-10-8-15-12(16-9-10)13(3,4)17-6-2/h8-9,11H,5-7,14H2,1-4H3. The SMILES string of the molecule is CCOC(C)(C)c1ncc(CC(N)CC)cn1. The Morgan fingerprint density at radius 3 is 2.35 bits per heavy atom. The van der Waals surface area contributed by atoms with Crippen LogP contribution in [0.5, 0.6) is 0 Å². The zero-order valence-electron chi connectivity index (χ0n) is 11.2. The Morgan fingerprint density at radius 2 is 1.88 bits per heavy atom. The summed E-state index contributed by atoms with van der Waals surface area (Å²) in [5, 5.41) is 0. The van der Waals surface area contributed by atoms with E-state index < -0.39 is 5.60 Å². The number of nitrogens with zero attached hydrogens (tertiary/aromatic N) is 2. The maximum atomic E-state index is 5.90. The van der Waals surface area contributed by atoms with E-state index in [1.165, 1.54) is 0 Å². The molecule has 0 aromatic carbocycles. The van der Waals surface area contributed by atoms with Gasteiger partial charge in [-0.3, -0.25) is 0 Å². The highest BCUT2D eigenvalue weighted by Gasteiger charge is 2.23. The monoisotopic (exact) mass is 237 g/mol. The molecule has 96 valence electrons. The molecule has 0 amide bonds. The Hall–Kier alpha value is -1.00. The Morgan fingerprint density at radius 1 is 1.29 bits per heavy atom. The van der Waals surface area contributed by atoms with Gasteiger partial charge in [-0.05, 0) is 39.2 Å². The van der Waals surface area contributed by atoms with Gasteiger partial charge >= 0.3 is 0 Å². The number of ether oxygens (including phenoxy) is 1. The quantitative estimate of drug-likeness (QED) is 0.822. The van der Waals surface area contributed by atoms with E-state index in [0.717, 1.165) is 18.4 Å². The maximum absolute atomic E-state index is 5.90. The number of aromatic nitrogens is 2. The van der Waals surface area contributed by atoms with Crippen LogP contribution in [-0.2, 0) is 16.8 Å². The zero-order chi connectivity index (χ0) is 12.9. The second-order valence-electron chi connectivity index (χ2n) is 4.73. The maximum Gasteiger partial charge on any atom is 0.159 e. The molecule has 4 heteroatoms. The van der Waals surface area contributed by atoms with Gasteiger partial charge in [0.05, 0.1) is 0 Å². The number of nitrogens with two attached hydrogens (primary N) is 1. The molecular formula is C13H23N3O. The first kappa shape index (κ1) is 14.1. The lowest BCUT2D eigenvalue weighted by Crippen LogP contribution is -2.25. The Balaban J connectivity index is 2.74. The smallest absolute Gasteiger partial charge is 0.159 e. The Bertz CT molecular complexity index is 335. The lowest BCUT2D eigenvalue weighted by Gasteiger charge is -2.22. The minimum Gasteiger partial charge on any atom is -0.368 e. The van der Waals surface area contributed by atoms with Crippen molar-refractivity contribution in [3.05, 3.63) is 23.8 Å². The van der Waals surface area contributed by atoms with E-state index in [4.69, 9.17) is 10.5 Å². The van der Waals surface area contributed by atoms with Crippen molar-refractivity contribution in [3.8, 4) is 0 Å². The first-order valence-electron chi connectivity index (χ1n) is 6.20. The van der Waals surface area contributed by atoms with Gasteiger partial charge in [0.15, 0.2) is 5.82 Å². The van der Waals surface area contributed by atoms with Gasteiger partial charge in [0, 0.05) is 25.0 Å². The third-order valence-electron chi connectivity index (χ3n) is 2.77. The highest BCUT2D eigenvalue weighted by Crippen LogP contribution is 2.20. The van der Waals surface area contributed by atoms with Gasteiger partial charge in [0.1, 0.15) is 5.60 Å². The summed E-state index contributed by atoms with van der Waals surface area (Å²) in [6, 6.07) is 0.185. The Labute approximate surface area is 104 Å². The lowest BCUT2D eigenvalue weighted by atomic mass is 10.1. The molecule has 0 aliphatic carbocycles. The van der Waals surface area contributed by atoms with E-state index in [0.29, 0.717) is 12.4 Å². The van der Waals surface area contributed by atoms with Crippen LogP contribution in [0.25, 0.3) is 0 Å². The summed E-state index contributed by atoms with van der Waals surface area (Å²) in [6.07, 6.45) is 5.48. The lowest BCUT2D eigenvalue weighted by molar-refractivity contribution is -0.0208. The molecule has 1 atom stereocenters. The number of rotatable bonds is 6. The molecule has 0 fully saturated rings. The summed E-state index contributed by atoms with van der Waals surface area (Å²) in [5.74, 6) is 0.716. The second-order valence-corrected chi connectivity index (χ2v) is 4.73. The average Bonchev–Trinajstić information content (AvgIpc) is 2.29. The first-order valence-corrected chi connectivity index (χ1v) is 6.20. The van der Waals surface area contributed by atoms with Crippen LogP contribution in [-0.4, -0.2) is 22.6 Å². The minimum absolute atomic E-state index is 0.185. The van der Waals surface area contributed by atoms with E-state index in [1.54, 1.807) is 0 Å². The molecule has 1 rings (SSSR count). The highest BCUT2D eigenvalue weighted by molar-refractivity contribution is 5.09. The van der Waals surface area contributed by atoms with Crippen molar-refractivity contribution in [2.24, 2.45) is 5.73 Å². The summed E-state index contributed by atoms with van der Waals surface area (Å²) >= 11 is 0. The van der Waals surface area contributed by atoms with Crippen LogP contribution in [0.3, 0.4) is 0 Å². The molecule has 0 aliphatic rings. The van der Waals surface area contributed by atoms with E-state index in [1.807, 2.05) is 33.2 Å². The number of hydrogen-bond donors (Lipinski definition) is 1. The van der Waals surface area contributed by atoms with Crippen LogP contribution in [0.1, 0.15) is 45.5 Å². The van der Waals surface area contributed by atoms with Crippen molar-refractivity contribution in [1.29, 1.82) is 0 Å². The molecule has 0 radical (unpaired) electrons. The Kier molecular flexibility index (Phi) is 5.02. The van der Waals surface area contributed by atoms with E-state index in [9.17, 15) is 0 Å². The third-order valence-corrected chi connectivity index (χ3v) is 2.77. The second kappa shape index (κ2) is 6.07. The molecule has 1 heterocycles. The molecule has 1 aromatic rings. The van der Waals surface area contributed by atoms with Gasteiger partial charge in [-0.2, -0.15) is 0 Å². The van der Waals surface area contributed by atoms with Crippen LogP contribution < -0.4 is 5.73 Å². The fourth-order valence-electron chi connectivity index (χ4n) is 1.64. The van der Waals surface area contributed by atoms with Crippen molar-refractivity contribution in [2.75, 3.05) is 6.61 Å². The molecule has 1 aromatic heterocycles. The molecule has 0 saturated heterocycles. The van der Waals surface area contributed by atoms with Crippen molar-refractivity contribution in [2.45, 2.75) is 52.2 Å². The van der Waals surface area contributed by atoms with Gasteiger partial charge in [0.2, 0.25) is 0 Å². The highest BCUT2D eigenvalue weighted by atomic mass is 16.5. The van der Waals surface area contributed by atoms with Gasteiger partial charge in [-0.15, -0.1) is 0 Å². The predicted molar refractivity (Wildman–Crippen MR) is 68.7 cm³/mol. The van der Waals surface area contributed by atoms with Gasteiger partial charge in [-0.1, -0.05) is 6.92 Å². The molecule has 0 saturated carbocycles. The summed E-state index contributed by atoms with van der Waals surface area (Å²) in [5.41, 5.74) is 6.54. The first-order chi connectivity index (χ1) is 7.99. The number of hydrogen-bond acceptors (Lipinski definition) is 4. The molecule has 0 bridgehead atoms. The van der Waals surface area contributed by atoms with Gasteiger partial charge in [0.25, 0.3) is 0 Å². The van der Waals surface area contributed by atoms with Crippen LogP contribution in [0.2, 0.25) is 0 Å². The van der Waals surface area contributed by atoms with Gasteiger partial charge in [-0.25, -0.2) is 9.97 Å². The predicted octanol–water partition coefficient (Wildman–Crippen LogP) is 2.03. The largest absolute Gasteiger partial charge is 0.368 e. The molecule has 1 unspecified atom stereocenters. The van der Waals surface area contributed by atoms with E-state index >= 15 is 0 Å². The summed E-state index contributed by atoms with van der Waals surface area (Å²) in [7, 11) is 0. The summed E-state index contributed by atoms with van der Waals surface area (Å²) in [6.45, 7) is 8.65. The van der Waals surface area contributed by atoms with E-state index in [2.05, 4.69) is 16.9 Å². The van der Waals surface area contributed by atoms with Crippen molar-refractivity contribution >= 4 is 0 Å². The zero-order valence-corrected chi connectivity index (χ0v) is 11.2. The minimum atomic E-state index is -0.430. The third kappa shape index (κ3) is 4.06. The topological polar surface area (TPSA) is 61.0 Å². The van der Waals surface area contributed by atoms with Crippen LogP contribution >= 0.6 is 0 Å². The average molecular weight is 237 g/mol. The van der Waals surface area contributed by atoms with Crippen molar-refractivity contribution in [3.63, 3.8) is 0 Å². The summed E-state index contributed by atoms with van der Waals surface area (Å²) in [4.78, 5) is 8.73. The molecule has 4 nitrogen and oxygen atoms in total. The van der Waals surface area contributed by atoms with Gasteiger partial charge < -0.3 is 10.5 Å². The van der Waals surface area contributed by atoms with Crippen LogP contribution in [0.15, 0.2) is 12.4 Å². The van der Waals surface area contributed by atoms with Crippen LogP contribution in [0.4, 0.5) is 0 Å². The molecule has 0 spiro atoms. The molecule has 17 heavy (non-hydrogen) atoms. The fraction of sp³-hybridized carbons (Fsp3) is 0.692. The fourth-order valence-corrected chi connectivity index (χ4v) is 1.64. The normalized spacial score (nSPS) is 13.7. The van der Waals surface area contributed by atoms with Crippen molar-refractivity contribution in [1.82, 2.24) is 9.97 Å². The molecular weight excluding hydrogens is 214 g/mol. The molecule has 0 aliphatic heterocycles. The van der Waals surface area contributed by atoms with E-state index in [-0.39, 0.29) is 6.04 Å². The summed E-state index contributed by atoms with van der Waals surface area (Å²) < 4.78 is 5.61. The van der Waals surface area contributed by atoms with Crippen LogP contribution in [0, 0.1) is 0 Å².